The van der Waals surface area contributed by atoms with Crippen molar-refractivity contribution >= 4 is 28.9 Å². The van der Waals surface area contributed by atoms with Crippen LogP contribution in [-0.4, -0.2) is 21.7 Å². The maximum absolute atomic E-state index is 13.6. The predicted molar refractivity (Wildman–Crippen MR) is 108 cm³/mol. The normalized spacial score (nSPS) is 16.8. The lowest BCUT2D eigenvalue weighted by Gasteiger charge is -2.27. The van der Waals surface area contributed by atoms with Gasteiger partial charge in [-0.05, 0) is 37.6 Å². The summed E-state index contributed by atoms with van der Waals surface area (Å²) >= 11 is 0. The number of nitrogens with zero attached hydrogens (tertiary/aromatic N) is 3. The first-order valence-corrected chi connectivity index (χ1v) is 9.51. The summed E-state index contributed by atoms with van der Waals surface area (Å²) in [4.78, 5) is 24.9. The highest BCUT2D eigenvalue weighted by molar-refractivity contribution is 6.01. The first-order valence-electron chi connectivity index (χ1n) is 9.51. The van der Waals surface area contributed by atoms with Crippen molar-refractivity contribution < 1.29 is 22.4 Å². The van der Waals surface area contributed by atoms with Crippen molar-refractivity contribution in [3.05, 3.63) is 65.1 Å². The maximum Gasteiger partial charge on any atom is 0.418 e. The van der Waals surface area contributed by atoms with E-state index in [-0.39, 0.29) is 23.2 Å². The minimum Gasteiger partial charge on any atom is -0.423 e. The Bertz CT molecular complexity index is 1180. The minimum atomic E-state index is -4.65. The first kappa shape index (κ1) is 20.6. The van der Waals surface area contributed by atoms with E-state index in [2.05, 4.69) is 25.6 Å². The van der Waals surface area contributed by atoms with Crippen molar-refractivity contribution in [3.8, 4) is 0 Å². The van der Waals surface area contributed by atoms with Gasteiger partial charge in [0.25, 0.3) is 0 Å². The summed E-state index contributed by atoms with van der Waals surface area (Å²) in [7, 11) is 0. The number of hydrogen-bond donors (Lipinski definition) is 2. The van der Waals surface area contributed by atoms with Gasteiger partial charge in [0.05, 0.1) is 11.3 Å². The van der Waals surface area contributed by atoms with Crippen LogP contribution in [0.25, 0.3) is 11.1 Å². The van der Waals surface area contributed by atoms with E-state index in [1.165, 1.54) is 19.2 Å². The molecule has 1 aliphatic heterocycles. The lowest BCUT2D eigenvalue weighted by atomic mass is 9.93. The van der Waals surface area contributed by atoms with Gasteiger partial charge in [-0.2, -0.15) is 18.2 Å². The van der Waals surface area contributed by atoms with Crippen LogP contribution >= 0.6 is 0 Å². The third-order valence-corrected chi connectivity index (χ3v) is 4.78. The zero-order chi connectivity index (χ0) is 22.2. The van der Waals surface area contributed by atoms with Gasteiger partial charge in [0.15, 0.2) is 11.4 Å². The average molecular weight is 429 g/mol. The van der Waals surface area contributed by atoms with Crippen LogP contribution in [0.2, 0.25) is 0 Å². The number of fused-ring (bicyclic) bond motifs is 1. The van der Waals surface area contributed by atoms with Gasteiger partial charge in [-0.3, -0.25) is 15.1 Å². The van der Waals surface area contributed by atoms with Crippen molar-refractivity contribution in [2.24, 2.45) is 4.99 Å². The summed E-state index contributed by atoms with van der Waals surface area (Å²) in [5, 5.41) is 5.83. The van der Waals surface area contributed by atoms with Crippen LogP contribution in [0.3, 0.4) is 0 Å². The van der Waals surface area contributed by atoms with E-state index in [1.54, 1.807) is 31.2 Å². The second kappa shape index (κ2) is 7.86. The van der Waals surface area contributed by atoms with E-state index in [1.807, 2.05) is 0 Å². The molecule has 2 aromatic heterocycles. The summed E-state index contributed by atoms with van der Waals surface area (Å²) in [5.74, 6) is -0.282. The Kier molecular flexibility index (Phi) is 5.22. The molecule has 2 N–H and O–H groups in total. The Morgan fingerprint density at radius 1 is 1.23 bits per heavy atom. The third kappa shape index (κ3) is 4.00. The molecule has 1 aromatic carbocycles. The first-order chi connectivity index (χ1) is 14.8. The number of anilines is 1. The van der Waals surface area contributed by atoms with E-state index in [0.29, 0.717) is 23.2 Å². The number of carbonyl (C=O) groups excluding carboxylic acids is 1. The average Bonchev–Trinajstić information content (AvgIpc) is 3.14. The smallest absolute Gasteiger partial charge is 0.418 e. The van der Waals surface area contributed by atoms with Gasteiger partial charge in [0, 0.05) is 17.5 Å². The molecule has 0 bridgehead atoms. The Balaban J connectivity index is 1.79. The number of rotatable bonds is 4. The number of allylic oxidation sites excluding steroid dienone is 1. The molecule has 0 radical (unpaired) electrons. The van der Waals surface area contributed by atoms with Crippen LogP contribution in [0.4, 0.5) is 19.2 Å². The Hall–Kier alpha value is -3.69. The molecule has 0 spiro atoms. The SMILES string of the molecule is CCC1=C(C(C)=O)C(c2ncccc2C(F)(F)F)N=C(Nc2nc3ccccc3o2)N1. The van der Waals surface area contributed by atoms with Crippen molar-refractivity contribution in [3.63, 3.8) is 0 Å². The second-order valence-corrected chi connectivity index (χ2v) is 6.85. The number of nitrogens with one attached hydrogen (secondary N) is 2. The summed E-state index contributed by atoms with van der Waals surface area (Å²) < 4.78 is 46.5. The number of ketones is 1. The molecule has 7 nitrogen and oxygen atoms in total. The van der Waals surface area contributed by atoms with E-state index in [0.717, 1.165) is 6.07 Å². The number of oxazole rings is 1. The van der Waals surface area contributed by atoms with Crippen molar-refractivity contribution in [2.45, 2.75) is 32.5 Å². The molecule has 0 aliphatic carbocycles. The predicted octanol–water partition coefficient (Wildman–Crippen LogP) is 4.61. The van der Waals surface area contributed by atoms with Gasteiger partial charge < -0.3 is 9.73 Å². The highest BCUT2D eigenvalue weighted by atomic mass is 19.4. The van der Waals surface area contributed by atoms with E-state index < -0.39 is 23.6 Å². The van der Waals surface area contributed by atoms with Crippen LogP contribution < -0.4 is 10.6 Å². The standard InChI is InChI=1S/C21H18F3N5O2/c1-3-13-16(11(2)30)18(17-12(21(22,23)24)7-6-10-25-17)28-19(26-13)29-20-27-14-8-4-5-9-15(14)31-20/h4-10,18H,3H2,1-2H3,(H2,26,27,28,29). The van der Waals surface area contributed by atoms with Crippen LogP contribution in [0, 0.1) is 0 Å². The van der Waals surface area contributed by atoms with Gasteiger partial charge in [0.2, 0.25) is 5.96 Å². The van der Waals surface area contributed by atoms with Gasteiger partial charge >= 0.3 is 12.2 Å². The molecule has 0 fully saturated rings. The van der Waals surface area contributed by atoms with E-state index in [9.17, 15) is 18.0 Å². The van der Waals surface area contributed by atoms with Gasteiger partial charge in [-0.1, -0.05) is 19.1 Å². The number of benzene rings is 1. The molecule has 0 amide bonds. The van der Waals surface area contributed by atoms with Crippen LogP contribution in [0.1, 0.15) is 37.6 Å². The number of halogens is 3. The molecule has 1 atom stereocenters. The number of hydrogen-bond acceptors (Lipinski definition) is 7. The molecule has 31 heavy (non-hydrogen) atoms. The molecule has 160 valence electrons. The zero-order valence-electron chi connectivity index (χ0n) is 16.6. The Labute approximate surface area is 175 Å². The van der Waals surface area contributed by atoms with Crippen molar-refractivity contribution in [2.75, 3.05) is 5.32 Å². The minimum absolute atomic E-state index is 0.109. The number of Topliss-reactive ketones (excluding diaryl/α,β-unsaturated/α-hetero) is 1. The number of pyridine rings is 1. The number of para-hydroxylation sites is 2. The van der Waals surface area contributed by atoms with Gasteiger partial charge in [-0.25, -0.2) is 4.99 Å². The topological polar surface area (TPSA) is 92.4 Å². The van der Waals surface area contributed by atoms with Crippen LogP contribution in [-0.2, 0) is 11.0 Å². The largest absolute Gasteiger partial charge is 0.423 e. The number of aromatic nitrogens is 2. The van der Waals surface area contributed by atoms with Crippen LogP contribution in [0.15, 0.2) is 63.3 Å². The summed E-state index contributed by atoms with van der Waals surface area (Å²) in [6.45, 7) is 3.08. The summed E-state index contributed by atoms with van der Waals surface area (Å²) in [6.07, 6.45) is -3.03. The molecule has 1 unspecified atom stereocenters. The molecule has 3 heterocycles. The number of guanidine groups is 1. The molecular formula is C21H18F3N5O2. The molecule has 0 saturated carbocycles. The number of alkyl halides is 3. The highest BCUT2D eigenvalue weighted by Gasteiger charge is 2.39. The fraction of sp³-hybridized carbons (Fsp3) is 0.238. The van der Waals surface area contributed by atoms with E-state index >= 15 is 0 Å². The Morgan fingerprint density at radius 3 is 2.68 bits per heavy atom. The fourth-order valence-electron chi connectivity index (χ4n) is 3.45. The number of aliphatic imine (C=N–C) groups is 1. The molecule has 10 heteroatoms. The van der Waals surface area contributed by atoms with Crippen LogP contribution in [0.5, 0.6) is 0 Å². The lowest BCUT2D eigenvalue weighted by molar-refractivity contribution is -0.138. The molecular weight excluding hydrogens is 411 g/mol. The summed E-state index contributed by atoms with van der Waals surface area (Å²) in [6, 6.07) is 8.10. The van der Waals surface area contributed by atoms with Crippen molar-refractivity contribution in [1.82, 2.24) is 15.3 Å². The Morgan fingerprint density at radius 2 is 2.00 bits per heavy atom. The quantitative estimate of drug-likeness (QED) is 0.629. The fourth-order valence-corrected chi connectivity index (χ4v) is 3.45. The third-order valence-electron chi connectivity index (χ3n) is 4.78. The molecule has 0 saturated heterocycles. The van der Waals surface area contributed by atoms with E-state index in [4.69, 9.17) is 4.42 Å². The molecule has 1 aliphatic rings. The number of carbonyl (C=O) groups is 1. The highest BCUT2D eigenvalue weighted by Crippen LogP contribution is 2.39. The zero-order valence-corrected chi connectivity index (χ0v) is 16.6. The van der Waals surface area contributed by atoms with Gasteiger partial charge in [0.1, 0.15) is 11.6 Å². The monoisotopic (exact) mass is 429 g/mol. The second-order valence-electron chi connectivity index (χ2n) is 6.85. The molecule has 4 rings (SSSR count). The maximum atomic E-state index is 13.6. The lowest BCUT2D eigenvalue weighted by Crippen LogP contribution is -2.37. The van der Waals surface area contributed by atoms with Gasteiger partial charge in [-0.15, -0.1) is 0 Å². The summed E-state index contributed by atoms with van der Waals surface area (Å²) in [5.41, 5.74) is 0.445. The van der Waals surface area contributed by atoms with Crippen molar-refractivity contribution in [1.29, 1.82) is 0 Å². The molecule has 3 aromatic rings.